The van der Waals surface area contributed by atoms with E-state index in [-0.39, 0.29) is 16.8 Å². The minimum absolute atomic E-state index is 0.0218. The largest absolute Gasteiger partial charge is 0.573 e. The molecule has 0 aromatic carbocycles. The summed E-state index contributed by atoms with van der Waals surface area (Å²) in [6.07, 6.45) is -4.98. The molecule has 0 saturated carbocycles. The quantitative estimate of drug-likeness (QED) is 0.482. The van der Waals surface area contributed by atoms with Gasteiger partial charge in [0.2, 0.25) is 11.4 Å². The Labute approximate surface area is 107 Å². The van der Waals surface area contributed by atoms with Crippen LogP contribution in [0.4, 0.5) is 19.0 Å². The van der Waals surface area contributed by atoms with Crippen LogP contribution >= 0.6 is 15.9 Å². The third-order valence-corrected chi connectivity index (χ3v) is 2.27. The van der Waals surface area contributed by atoms with Crippen LogP contribution in [0.1, 0.15) is 5.69 Å². The zero-order chi connectivity index (χ0) is 13.9. The zero-order valence-corrected chi connectivity index (χ0v) is 10.4. The maximum absolute atomic E-state index is 12.1. The Morgan fingerprint density at radius 1 is 1.56 bits per heavy atom. The van der Waals surface area contributed by atoms with Gasteiger partial charge in [0.25, 0.3) is 0 Å². The number of rotatable bonds is 4. The van der Waals surface area contributed by atoms with Gasteiger partial charge in [0.1, 0.15) is 0 Å². The highest BCUT2D eigenvalue weighted by Crippen LogP contribution is 2.37. The molecule has 0 unspecified atom stereocenters. The molecule has 10 heteroatoms. The second kappa shape index (κ2) is 5.38. The van der Waals surface area contributed by atoms with Crippen molar-refractivity contribution < 1.29 is 27.6 Å². The van der Waals surface area contributed by atoms with Crippen molar-refractivity contribution >= 4 is 21.7 Å². The van der Waals surface area contributed by atoms with E-state index in [2.05, 4.69) is 25.7 Å². The van der Waals surface area contributed by atoms with Gasteiger partial charge in [-0.2, -0.15) is 0 Å². The Bertz CT molecular complexity index is 466. The predicted molar refractivity (Wildman–Crippen MR) is 56.8 cm³/mol. The molecule has 0 spiro atoms. The predicted octanol–water partition coefficient (Wildman–Crippen LogP) is 2.79. The van der Waals surface area contributed by atoms with E-state index >= 15 is 0 Å². The number of hydrogen-bond acceptors (Lipinski definition) is 5. The monoisotopic (exact) mass is 330 g/mol. The van der Waals surface area contributed by atoms with E-state index < -0.39 is 22.9 Å². The molecule has 0 aliphatic rings. The van der Waals surface area contributed by atoms with Crippen LogP contribution < -0.4 is 9.47 Å². The number of nitrogens with zero attached hydrogens (tertiary/aromatic N) is 2. The van der Waals surface area contributed by atoms with Gasteiger partial charge in [-0.1, -0.05) is 15.9 Å². The van der Waals surface area contributed by atoms with Crippen molar-refractivity contribution in [2.75, 3.05) is 7.11 Å². The van der Waals surface area contributed by atoms with Gasteiger partial charge in [-0.25, -0.2) is 0 Å². The van der Waals surface area contributed by atoms with E-state index in [1.165, 1.54) is 0 Å². The average Bonchev–Trinajstić information content (AvgIpc) is 2.25. The Morgan fingerprint density at radius 2 is 2.17 bits per heavy atom. The molecule has 0 N–H and O–H groups in total. The van der Waals surface area contributed by atoms with E-state index in [0.717, 1.165) is 7.11 Å². The maximum Gasteiger partial charge on any atom is 0.573 e. The third kappa shape index (κ3) is 3.45. The van der Waals surface area contributed by atoms with Crippen LogP contribution in [-0.2, 0) is 5.33 Å². The van der Waals surface area contributed by atoms with Crippen LogP contribution in [0.15, 0.2) is 6.07 Å². The summed E-state index contributed by atoms with van der Waals surface area (Å²) in [5, 5.41) is 10.5. The van der Waals surface area contributed by atoms with Crippen LogP contribution in [0.3, 0.4) is 0 Å². The molecule has 6 nitrogen and oxygen atoms in total. The first-order chi connectivity index (χ1) is 8.28. The van der Waals surface area contributed by atoms with Gasteiger partial charge < -0.3 is 19.6 Å². The number of halogens is 4. The normalized spacial score (nSPS) is 11.2. The van der Waals surface area contributed by atoms with Gasteiger partial charge in [0.05, 0.1) is 18.5 Å². The van der Waals surface area contributed by atoms with E-state index in [4.69, 9.17) is 4.74 Å². The second-order valence-corrected chi connectivity index (χ2v) is 3.46. The molecular formula is C8H6BrF3N2O4. The van der Waals surface area contributed by atoms with E-state index in [1.807, 2.05) is 0 Å². The number of alkyl halides is 4. The summed E-state index contributed by atoms with van der Waals surface area (Å²) >= 11 is 2.94. The van der Waals surface area contributed by atoms with Crippen LogP contribution in [-0.4, -0.2) is 23.4 Å². The maximum atomic E-state index is 12.1. The lowest BCUT2D eigenvalue weighted by Gasteiger charge is -2.12. The molecular weight excluding hydrogens is 325 g/mol. The van der Waals surface area contributed by atoms with Gasteiger partial charge in [-0.05, 0) is 9.91 Å². The second-order valence-electron chi connectivity index (χ2n) is 2.90. The van der Waals surface area contributed by atoms with Crippen molar-refractivity contribution in [1.29, 1.82) is 0 Å². The highest BCUT2D eigenvalue weighted by Gasteiger charge is 2.35. The lowest BCUT2D eigenvalue weighted by Crippen LogP contribution is -2.18. The molecule has 1 aromatic rings. The lowest BCUT2D eigenvalue weighted by atomic mass is 10.3. The molecule has 1 heterocycles. The first kappa shape index (κ1) is 14.5. The van der Waals surface area contributed by atoms with E-state index in [0.29, 0.717) is 6.07 Å². The zero-order valence-electron chi connectivity index (χ0n) is 8.82. The van der Waals surface area contributed by atoms with Crippen molar-refractivity contribution in [2.45, 2.75) is 11.7 Å². The standard InChI is InChI=1S/C8H6BrF3N2O4/c1-17-7-4(3-9)13-6(14(15)16)2-5(7)18-8(10,11)12/h2H,3H2,1H3. The summed E-state index contributed by atoms with van der Waals surface area (Å²) in [7, 11) is 1.11. The average molecular weight is 331 g/mol. The first-order valence-electron chi connectivity index (χ1n) is 4.32. The Kier molecular flexibility index (Phi) is 4.33. The Morgan fingerprint density at radius 3 is 2.56 bits per heavy atom. The molecule has 1 rings (SSSR count). The van der Waals surface area contributed by atoms with E-state index in [9.17, 15) is 23.3 Å². The molecule has 0 aliphatic carbocycles. The molecule has 18 heavy (non-hydrogen) atoms. The van der Waals surface area contributed by atoms with Gasteiger partial charge in [-0.15, -0.1) is 13.2 Å². The fraction of sp³-hybridized carbons (Fsp3) is 0.375. The molecule has 0 saturated heterocycles. The van der Waals surface area contributed by atoms with Gasteiger partial charge in [-0.3, -0.25) is 0 Å². The first-order valence-corrected chi connectivity index (χ1v) is 5.44. The molecule has 1 aromatic heterocycles. The Hall–Kier alpha value is -1.58. The Balaban J connectivity index is 3.35. The highest BCUT2D eigenvalue weighted by atomic mass is 79.9. The van der Waals surface area contributed by atoms with Crippen LogP contribution in [0.5, 0.6) is 11.5 Å². The van der Waals surface area contributed by atoms with Crippen molar-refractivity contribution in [3.05, 3.63) is 21.9 Å². The summed E-state index contributed by atoms with van der Waals surface area (Å²) in [6.45, 7) is 0. The number of hydrogen-bond donors (Lipinski definition) is 0. The fourth-order valence-electron chi connectivity index (χ4n) is 1.15. The van der Waals surface area contributed by atoms with Gasteiger partial charge >= 0.3 is 12.2 Å². The number of pyridine rings is 1. The summed E-state index contributed by atoms with van der Waals surface area (Å²) in [4.78, 5) is 13.1. The summed E-state index contributed by atoms with van der Waals surface area (Å²) in [5.74, 6) is -1.87. The van der Waals surface area contributed by atoms with Crippen molar-refractivity contribution in [2.24, 2.45) is 0 Å². The lowest BCUT2D eigenvalue weighted by molar-refractivity contribution is -0.389. The molecule has 100 valence electrons. The molecule has 0 amide bonds. The number of methoxy groups -OCH3 is 1. The highest BCUT2D eigenvalue weighted by molar-refractivity contribution is 9.08. The van der Waals surface area contributed by atoms with Gasteiger partial charge in [0, 0.05) is 0 Å². The smallest absolute Gasteiger partial charge is 0.489 e. The SMILES string of the molecule is COc1c(OC(F)(F)F)cc([N+](=O)[O-])nc1CBr. The van der Waals surface area contributed by atoms with Crippen molar-refractivity contribution in [3.8, 4) is 11.5 Å². The number of nitro groups is 1. The minimum Gasteiger partial charge on any atom is -0.489 e. The number of aromatic nitrogens is 1. The molecule has 0 aliphatic heterocycles. The van der Waals surface area contributed by atoms with Crippen LogP contribution in [0.2, 0.25) is 0 Å². The van der Waals surface area contributed by atoms with Crippen molar-refractivity contribution in [3.63, 3.8) is 0 Å². The van der Waals surface area contributed by atoms with E-state index in [1.54, 1.807) is 0 Å². The molecule has 0 bridgehead atoms. The van der Waals surface area contributed by atoms with Gasteiger partial charge in [0.15, 0.2) is 5.75 Å². The van der Waals surface area contributed by atoms with Crippen molar-refractivity contribution in [1.82, 2.24) is 4.98 Å². The van der Waals surface area contributed by atoms with Crippen LogP contribution in [0, 0.1) is 10.1 Å². The number of ether oxygens (including phenoxy) is 2. The summed E-state index contributed by atoms with van der Waals surface area (Å²) in [6, 6.07) is 0.554. The summed E-state index contributed by atoms with van der Waals surface area (Å²) < 4.78 is 44.8. The molecule has 0 fully saturated rings. The van der Waals surface area contributed by atoms with Crippen LogP contribution in [0.25, 0.3) is 0 Å². The fourth-order valence-corrected chi connectivity index (χ4v) is 1.53. The summed E-state index contributed by atoms with van der Waals surface area (Å²) in [5.41, 5.74) is -0.0639. The topological polar surface area (TPSA) is 74.5 Å². The molecule has 0 radical (unpaired) electrons. The minimum atomic E-state index is -4.98. The third-order valence-electron chi connectivity index (χ3n) is 1.74. The molecule has 0 atom stereocenters.